The van der Waals surface area contributed by atoms with Crippen LogP contribution in [0.2, 0.25) is 15.1 Å². The van der Waals surface area contributed by atoms with E-state index in [9.17, 15) is 16.8 Å². The molecule has 0 aliphatic rings. The molecule has 0 aromatic heterocycles. The molecule has 0 amide bonds. The third-order valence-corrected chi connectivity index (χ3v) is 8.21. The van der Waals surface area contributed by atoms with E-state index in [1.807, 2.05) is 25.2 Å². The van der Waals surface area contributed by atoms with Crippen molar-refractivity contribution in [3.8, 4) is 11.5 Å². The first-order valence-electron chi connectivity index (χ1n) is 11.4. The van der Waals surface area contributed by atoms with Crippen molar-refractivity contribution >= 4 is 77.2 Å². The lowest BCUT2D eigenvalue weighted by molar-refractivity contribution is 0.404. The van der Waals surface area contributed by atoms with Crippen molar-refractivity contribution in [1.82, 2.24) is 0 Å². The van der Waals surface area contributed by atoms with E-state index in [4.69, 9.17) is 53.4 Å². The average Bonchev–Trinajstić information content (AvgIpc) is 2.93. The summed E-state index contributed by atoms with van der Waals surface area (Å²) < 4.78 is 72.9. The molecule has 0 bridgehead atoms. The highest BCUT2D eigenvalue weighted by molar-refractivity contribution is 7.86. The number of fused-ring (bicyclic) bond motifs is 1. The molecule has 10 nitrogen and oxygen atoms in total. The van der Waals surface area contributed by atoms with Gasteiger partial charge in [-0.25, -0.2) is 0 Å². The summed E-state index contributed by atoms with van der Waals surface area (Å²) in [5.41, 5.74) is 1.71. The Morgan fingerprint density at radius 3 is 1.54 bits per heavy atom. The molecule has 0 saturated carbocycles. The monoisotopic (exact) mass is 664 g/mol. The number of rotatable bonds is 6. The summed E-state index contributed by atoms with van der Waals surface area (Å²) in [4.78, 5) is -0.823. The van der Waals surface area contributed by atoms with Gasteiger partial charge in [-0.2, -0.15) is 16.8 Å². The van der Waals surface area contributed by atoms with Crippen molar-refractivity contribution in [2.24, 2.45) is 0 Å². The van der Waals surface area contributed by atoms with Gasteiger partial charge in [-0.3, -0.25) is 9.11 Å². The summed E-state index contributed by atoms with van der Waals surface area (Å²) in [5, 5.41) is 7.49. The highest BCUT2D eigenvalue weighted by atomic mass is 35.5. The van der Waals surface area contributed by atoms with Crippen LogP contribution < -0.4 is 20.1 Å². The summed E-state index contributed by atoms with van der Waals surface area (Å²) in [7, 11) is -2.04. The molecule has 4 aromatic carbocycles. The fourth-order valence-corrected chi connectivity index (χ4v) is 5.48. The van der Waals surface area contributed by atoms with Crippen LogP contribution in [0, 0.1) is 0 Å². The number of halogens is 3. The quantitative estimate of drug-likeness (QED) is 0.128. The summed E-state index contributed by atoms with van der Waals surface area (Å²) in [6, 6.07) is 16.4. The summed E-state index contributed by atoms with van der Waals surface area (Å²) in [6.45, 7) is 0. The van der Waals surface area contributed by atoms with Gasteiger partial charge in [0.1, 0.15) is 21.3 Å². The largest absolute Gasteiger partial charge is 0.497 e. The zero-order chi connectivity index (χ0) is 31.0. The average molecular weight is 666 g/mol. The zero-order valence-electron chi connectivity index (χ0n) is 22.1. The molecule has 0 saturated heterocycles. The summed E-state index contributed by atoms with van der Waals surface area (Å²) in [6.07, 6.45) is 0. The van der Waals surface area contributed by atoms with Crippen LogP contribution in [0.3, 0.4) is 0 Å². The van der Waals surface area contributed by atoms with Crippen molar-refractivity contribution in [1.29, 1.82) is 0 Å². The number of methoxy groups -OCH3 is 2. The SMILES string of the molecule is CNc1cc(Cl)c(Cl)cc1Cl.CNc1cc(OC)ccc1OC.O=S(=O)(O)c1cccc2c(S(=O)(=O)O)cccc12. The predicted molar refractivity (Wildman–Crippen MR) is 164 cm³/mol. The second-order valence-electron chi connectivity index (χ2n) is 7.87. The fraction of sp³-hybridized carbons (Fsp3) is 0.154. The van der Waals surface area contributed by atoms with E-state index in [0.29, 0.717) is 15.1 Å². The maximum atomic E-state index is 11.2. The lowest BCUT2D eigenvalue weighted by Gasteiger charge is -2.08. The Morgan fingerprint density at radius 1 is 0.634 bits per heavy atom. The maximum absolute atomic E-state index is 11.2. The first-order chi connectivity index (χ1) is 19.2. The molecule has 0 aliphatic heterocycles. The molecule has 0 atom stereocenters. The zero-order valence-corrected chi connectivity index (χ0v) is 26.0. The predicted octanol–water partition coefficient (Wildman–Crippen LogP) is 6.77. The molecule has 0 unspecified atom stereocenters. The molecule has 4 rings (SSSR count). The first-order valence-corrected chi connectivity index (χ1v) is 15.4. The third-order valence-electron chi connectivity index (χ3n) is 5.35. The number of hydrogen-bond donors (Lipinski definition) is 4. The van der Waals surface area contributed by atoms with Crippen LogP contribution in [0.25, 0.3) is 10.8 Å². The van der Waals surface area contributed by atoms with Crippen molar-refractivity contribution in [3.05, 3.63) is 81.8 Å². The minimum atomic E-state index is -4.47. The Morgan fingerprint density at radius 2 is 1.12 bits per heavy atom. The Labute approximate surface area is 253 Å². The molecule has 4 aromatic rings. The van der Waals surface area contributed by atoms with E-state index >= 15 is 0 Å². The van der Waals surface area contributed by atoms with Gasteiger partial charge >= 0.3 is 0 Å². The Kier molecular flexibility index (Phi) is 12.3. The Bertz CT molecular complexity index is 1660. The molecule has 222 valence electrons. The lowest BCUT2D eigenvalue weighted by atomic mass is 10.1. The topological polar surface area (TPSA) is 151 Å². The highest BCUT2D eigenvalue weighted by Crippen LogP contribution is 2.32. The maximum Gasteiger partial charge on any atom is 0.295 e. The van der Waals surface area contributed by atoms with E-state index in [0.717, 1.165) is 35.0 Å². The molecule has 0 spiro atoms. The van der Waals surface area contributed by atoms with Crippen LogP contribution in [-0.4, -0.2) is 54.3 Å². The van der Waals surface area contributed by atoms with Gasteiger partial charge < -0.3 is 20.1 Å². The molecule has 0 aliphatic carbocycles. The van der Waals surface area contributed by atoms with Crippen LogP contribution >= 0.6 is 34.8 Å². The smallest absolute Gasteiger partial charge is 0.295 e. The van der Waals surface area contributed by atoms with Gasteiger partial charge in [-0.05, 0) is 36.4 Å². The number of benzene rings is 4. The van der Waals surface area contributed by atoms with Gasteiger partial charge in [-0.1, -0.05) is 59.1 Å². The molecule has 15 heteroatoms. The molecule has 0 fully saturated rings. The standard InChI is InChI=1S/C10H8O6S2.C9H13NO2.C7H6Cl3N/c11-17(12,13)9-5-1-3-7-8(9)4-2-6-10(7)18(14,15)16;1-10-8-6-7(11-2)4-5-9(8)12-3;1-11-7-3-5(9)4(8)2-6(7)10/h1-6H,(H,11,12,13)(H,14,15,16);4-6,10H,1-3H3;2-3,11H,1H3. The number of anilines is 2. The van der Waals surface area contributed by atoms with E-state index < -0.39 is 30.0 Å². The second kappa shape index (κ2) is 14.8. The van der Waals surface area contributed by atoms with Gasteiger partial charge in [0.15, 0.2) is 0 Å². The van der Waals surface area contributed by atoms with Gasteiger partial charge in [0.05, 0.1) is 40.7 Å². The van der Waals surface area contributed by atoms with E-state index in [1.165, 1.54) is 24.3 Å². The number of nitrogens with one attached hydrogen (secondary N) is 2. The van der Waals surface area contributed by atoms with Crippen molar-refractivity contribution in [2.75, 3.05) is 38.9 Å². The van der Waals surface area contributed by atoms with Gasteiger partial charge in [0.2, 0.25) is 0 Å². The van der Waals surface area contributed by atoms with Crippen molar-refractivity contribution in [3.63, 3.8) is 0 Å². The molecule has 4 N–H and O–H groups in total. The Balaban J connectivity index is 0.000000225. The molecular weight excluding hydrogens is 639 g/mol. The number of ether oxygens (including phenoxy) is 2. The molecule has 0 radical (unpaired) electrons. The fourth-order valence-electron chi connectivity index (χ4n) is 3.43. The number of hydrogen-bond acceptors (Lipinski definition) is 8. The van der Waals surface area contributed by atoms with Gasteiger partial charge in [-0.15, -0.1) is 0 Å². The van der Waals surface area contributed by atoms with Crippen molar-refractivity contribution < 1.29 is 35.4 Å². The van der Waals surface area contributed by atoms with Crippen LogP contribution in [0.5, 0.6) is 11.5 Å². The Hall–Kier alpha value is -2.97. The minimum absolute atomic E-state index is 0.0233. The second-order valence-corrected chi connectivity index (χ2v) is 11.9. The van der Waals surface area contributed by atoms with E-state index in [2.05, 4.69) is 10.6 Å². The van der Waals surface area contributed by atoms with Crippen molar-refractivity contribution in [2.45, 2.75) is 9.79 Å². The normalized spacial score (nSPS) is 11.0. The van der Waals surface area contributed by atoms with E-state index in [-0.39, 0.29) is 10.8 Å². The van der Waals surface area contributed by atoms with Gasteiger partial charge in [0, 0.05) is 30.9 Å². The first kappa shape index (κ1) is 34.2. The summed E-state index contributed by atoms with van der Waals surface area (Å²) in [5.74, 6) is 1.64. The molecule has 41 heavy (non-hydrogen) atoms. The van der Waals surface area contributed by atoms with E-state index in [1.54, 1.807) is 33.4 Å². The summed E-state index contributed by atoms with van der Waals surface area (Å²) >= 11 is 17.2. The lowest BCUT2D eigenvalue weighted by Crippen LogP contribution is -2.02. The molecular formula is C26H27Cl3N2O8S2. The van der Waals surface area contributed by atoms with Gasteiger partial charge in [0.25, 0.3) is 20.2 Å². The van der Waals surface area contributed by atoms with Crippen LogP contribution in [0.4, 0.5) is 11.4 Å². The van der Waals surface area contributed by atoms with Crippen LogP contribution in [0.1, 0.15) is 0 Å². The minimum Gasteiger partial charge on any atom is -0.497 e. The third kappa shape index (κ3) is 9.27. The highest BCUT2D eigenvalue weighted by Gasteiger charge is 2.19. The van der Waals surface area contributed by atoms with Crippen LogP contribution in [-0.2, 0) is 20.2 Å². The van der Waals surface area contributed by atoms with Crippen LogP contribution in [0.15, 0.2) is 76.5 Å². The molecule has 0 heterocycles.